The van der Waals surface area contributed by atoms with Crippen LogP contribution in [0.4, 0.5) is 5.69 Å². The van der Waals surface area contributed by atoms with Gasteiger partial charge in [0.15, 0.2) is 0 Å². The standard InChI is InChI=1S/C23H22N2O2S/c1-17-10-8-9-15-20(17)28-16-21(26)25-22(18-11-4-2-5-12-18)23(27)24-19-13-6-3-7-14-19/h2-15,22H,16H2,1H3,(H,24,27)(H,25,26). The number of hydrogen-bond acceptors (Lipinski definition) is 3. The van der Waals surface area contributed by atoms with Crippen LogP contribution in [0.1, 0.15) is 17.2 Å². The first-order valence-corrected chi connectivity index (χ1v) is 10.0. The Morgan fingerprint density at radius 3 is 2.14 bits per heavy atom. The molecule has 0 heterocycles. The lowest BCUT2D eigenvalue weighted by Crippen LogP contribution is -2.37. The summed E-state index contributed by atoms with van der Waals surface area (Å²) in [5, 5.41) is 5.74. The Hall–Kier alpha value is -3.05. The minimum Gasteiger partial charge on any atom is -0.340 e. The summed E-state index contributed by atoms with van der Waals surface area (Å²) in [5.41, 5.74) is 2.56. The van der Waals surface area contributed by atoms with E-state index < -0.39 is 6.04 Å². The molecule has 1 unspecified atom stereocenters. The molecular weight excluding hydrogens is 368 g/mol. The van der Waals surface area contributed by atoms with Crippen LogP contribution in [0.25, 0.3) is 0 Å². The Morgan fingerprint density at radius 2 is 1.46 bits per heavy atom. The summed E-state index contributed by atoms with van der Waals surface area (Å²) < 4.78 is 0. The van der Waals surface area contributed by atoms with E-state index in [1.54, 1.807) is 0 Å². The average molecular weight is 391 g/mol. The van der Waals surface area contributed by atoms with Crippen LogP contribution in [0.5, 0.6) is 0 Å². The monoisotopic (exact) mass is 390 g/mol. The molecule has 0 bridgehead atoms. The molecule has 0 aliphatic carbocycles. The summed E-state index contributed by atoms with van der Waals surface area (Å²) >= 11 is 1.46. The summed E-state index contributed by atoms with van der Waals surface area (Å²) in [5.74, 6) is -0.218. The molecule has 3 aromatic rings. The first-order valence-electron chi connectivity index (χ1n) is 9.02. The third-order valence-electron chi connectivity index (χ3n) is 4.19. The van der Waals surface area contributed by atoms with Gasteiger partial charge in [-0.25, -0.2) is 0 Å². The van der Waals surface area contributed by atoms with E-state index in [4.69, 9.17) is 0 Å². The van der Waals surface area contributed by atoms with E-state index in [-0.39, 0.29) is 17.6 Å². The molecule has 0 radical (unpaired) electrons. The predicted octanol–water partition coefficient (Wildman–Crippen LogP) is 4.58. The van der Waals surface area contributed by atoms with Crippen LogP contribution in [0.15, 0.2) is 89.8 Å². The van der Waals surface area contributed by atoms with Crippen molar-refractivity contribution in [2.75, 3.05) is 11.1 Å². The van der Waals surface area contributed by atoms with Crippen molar-refractivity contribution in [1.82, 2.24) is 5.32 Å². The van der Waals surface area contributed by atoms with E-state index in [2.05, 4.69) is 10.6 Å². The van der Waals surface area contributed by atoms with E-state index in [1.807, 2.05) is 91.9 Å². The number of benzene rings is 3. The van der Waals surface area contributed by atoms with Crippen molar-refractivity contribution in [3.8, 4) is 0 Å². The highest BCUT2D eigenvalue weighted by Gasteiger charge is 2.22. The Balaban J connectivity index is 1.69. The fourth-order valence-corrected chi connectivity index (χ4v) is 3.59. The van der Waals surface area contributed by atoms with Gasteiger partial charge >= 0.3 is 0 Å². The highest BCUT2D eigenvalue weighted by molar-refractivity contribution is 8.00. The van der Waals surface area contributed by atoms with Crippen molar-refractivity contribution in [3.05, 3.63) is 96.1 Å². The minimum absolute atomic E-state index is 0.190. The molecule has 3 aromatic carbocycles. The summed E-state index contributed by atoms with van der Waals surface area (Å²) in [6.45, 7) is 2.01. The zero-order valence-corrected chi connectivity index (χ0v) is 16.4. The molecule has 0 fully saturated rings. The Labute approximate surface area is 169 Å². The summed E-state index contributed by atoms with van der Waals surface area (Å²) in [6, 6.07) is 25.6. The van der Waals surface area contributed by atoms with Gasteiger partial charge in [-0.3, -0.25) is 9.59 Å². The van der Waals surface area contributed by atoms with Gasteiger partial charge in [-0.05, 0) is 36.2 Å². The first-order chi connectivity index (χ1) is 13.6. The van der Waals surface area contributed by atoms with Gasteiger partial charge in [0.05, 0.1) is 5.75 Å². The molecular formula is C23H22N2O2S. The number of carbonyl (C=O) groups excluding carboxylic acids is 2. The maximum absolute atomic E-state index is 12.8. The van der Waals surface area contributed by atoms with E-state index in [1.165, 1.54) is 11.8 Å². The molecule has 5 heteroatoms. The molecule has 28 heavy (non-hydrogen) atoms. The lowest BCUT2D eigenvalue weighted by molar-refractivity contribution is -0.125. The molecule has 2 N–H and O–H groups in total. The normalized spacial score (nSPS) is 11.5. The van der Waals surface area contributed by atoms with Crippen molar-refractivity contribution >= 4 is 29.3 Å². The molecule has 0 spiro atoms. The molecule has 0 saturated carbocycles. The molecule has 0 aliphatic heterocycles. The van der Waals surface area contributed by atoms with Crippen molar-refractivity contribution in [2.24, 2.45) is 0 Å². The van der Waals surface area contributed by atoms with Gasteiger partial charge in [0.25, 0.3) is 5.91 Å². The first kappa shape index (κ1) is 19.7. The molecule has 1 atom stereocenters. The highest BCUT2D eigenvalue weighted by atomic mass is 32.2. The zero-order valence-electron chi connectivity index (χ0n) is 15.6. The number of nitrogens with one attached hydrogen (secondary N) is 2. The number of thioether (sulfide) groups is 1. The molecule has 2 amide bonds. The Morgan fingerprint density at radius 1 is 0.857 bits per heavy atom. The third kappa shape index (κ3) is 5.47. The van der Waals surface area contributed by atoms with Crippen molar-refractivity contribution in [3.63, 3.8) is 0 Å². The van der Waals surface area contributed by atoms with E-state index >= 15 is 0 Å². The van der Waals surface area contributed by atoms with Crippen LogP contribution in [0.3, 0.4) is 0 Å². The molecule has 0 aromatic heterocycles. The second kappa shape index (κ2) is 9.76. The van der Waals surface area contributed by atoms with Gasteiger partial charge in [-0.15, -0.1) is 11.8 Å². The van der Waals surface area contributed by atoms with E-state index in [0.717, 1.165) is 16.0 Å². The van der Waals surface area contributed by atoms with Crippen molar-refractivity contribution in [2.45, 2.75) is 17.9 Å². The van der Waals surface area contributed by atoms with Crippen LogP contribution in [-0.2, 0) is 9.59 Å². The molecule has 0 saturated heterocycles. The summed E-state index contributed by atoms with van der Waals surface area (Å²) in [4.78, 5) is 26.5. The van der Waals surface area contributed by atoms with E-state index in [9.17, 15) is 9.59 Å². The molecule has 0 aliphatic rings. The van der Waals surface area contributed by atoms with Crippen molar-refractivity contribution < 1.29 is 9.59 Å². The van der Waals surface area contributed by atoms with Gasteiger partial charge in [0.2, 0.25) is 5.91 Å². The van der Waals surface area contributed by atoms with Crippen LogP contribution in [0.2, 0.25) is 0 Å². The van der Waals surface area contributed by atoms with Crippen LogP contribution >= 0.6 is 11.8 Å². The largest absolute Gasteiger partial charge is 0.340 e. The predicted molar refractivity (Wildman–Crippen MR) is 114 cm³/mol. The van der Waals surface area contributed by atoms with Gasteiger partial charge in [-0.1, -0.05) is 66.7 Å². The van der Waals surface area contributed by atoms with Gasteiger partial charge in [0, 0.05) is 10.6 Å². The smallest absolute Gasteiger partial charge is 0.251 e. The molecule has 3 rings (SSSR count). The summed E-state index contributed by atoms with van der Waals surface area (Å²) in [6.07, 6.45) is 0. The highest BCUT2D eigenvalue weighted by Crippen LogP contribution is 2.22. The number of rotatable bonds is 7. The quantitative estimate of drug-likeness (QED) is 0.581. The number of para-hydroxylation sites is 1. The van der Waals surface area contributed by atoms with Crippen molar-refractivity contribution in [1.29, 1.82) is 0 Å². The number of amides is 2. The van der Waals surface area contributed by atoms with Crippen LogP contribution in [-0.4, -0.2) is 17.6 Å². The number of carbonyl (C=O) groups is 2. The Bertz CT molecular complexity index is 930. The SMILES string of the molecule is Cc1ccccc1SCC(=O)NC(C(=O)Nc1ccccc1)c1ccccc1. The third-order valence-corrected chi connectivity index (χ3v) is 5.37. The lowest BCUT2D eigenvalue weighted by atomic mass is 10.1. The molecule has 4 nitrogen and oxygen atoms in total. The second-order valence-corrected chi connectivity index (χ2v) is 7.34. The second-order valence-electron chi connectivity index (χ2n) is 6.32. The fraction of sp³-hybridized carbons (Fsp3) is 0.130. The average Bonchev–Trinajstić information content (AvgIpc) is 2.72. The zero-order chi connectivity index (χ0) is 19.8. The maximum atomic E-state index is 12.8. The fourth-order valence-electron chi connectivity index (χ4n) is 2.75. The Kier molecular flexibility index (Phi) is 6.87. The maximum Gasteiger partial charge on any atom is 0.251 e. The van der Waals surface area contributed by atoms with Gasteiger partial charge in [-0.2, -0.15) is 0 Å². The minimum atomic E-state index is -0.758. The topological polar surface area (TPSA) is 58.2 Å². The van der Waals surface area contributed by atoms with Crippen LogP contribution < -0.4 is 10.6 Å². The molecule has 142 valence electrons. The summed E-state index contributed by atoms with van der Waals surface area (Å²) in [7, 11) is 0. The lowest BCUT2D eigenvalue weighted by Gasteiger charge is -2.19. The van der Waals surface area contributed by atoms with E-state index in [0.29, 0.717) is 5.69 Å². The van der Waals surface area contributed by atoms with Gasteiger partial charge in [0.1, 0.15) is 6.04 Å². The van der Waals surface area contributed by atoms with Gasteiger partial charge < -0.3 is 10.6 Å². The van der Waals surface area contributed by atoms with Crippen LogP contribution in [0, 0.1) is 6.92 Å². The number of aryl methyl sites for hydroxylation is 1. The number of anilines is 1. The number of hydrogen-bond donors (Lipinski definition) is 2.